The van der Waals surface area contributed by atoms with Gasteiger partial charge in [-0.25, -0.2) is 0 Å². The molecule has 2 N–H and O–H groups in total. The average Bonchev–Trinajstić information content (AvgIpc) is 2.99. The van der Waals surface area contributed by atoms with Gasteiger partial charge in [-0.2, -0.15) is 5.10 Å². The summed E-state index contributed by atoms with van der Waals surface area (Å²) >= 11 is 0. The fourth-order valence-electron chi connectivity index (χ4n) is 2.07. The molecule has 0 aliphatic carbocycles. The largest absolute Gasteiger partial charge is 0.382 e. The van der Waals surface area contributed by atoms with Crippen LogP contribution in [0, 0.1) is 0 Å². The monoisotopic (exact) mass is 289 g/mol. The topological polar surface area (TPSA) is 59.2 Å². The van der Waals surface area contributed by atoms with Gasteiger partial charge in [0.1, 0.15) is 0 Å². The van der Waals surface area contributed by atoms with Crippen LogP contribution in [0.3, 0.4) is 0 Å². The van der Waals surface area contributed by atoms with Gasteiger partial charge in [-0.15, -0.1) is 0 Å². The van der Waals surface area contributed by atoms with Crippen LogP contribution in [0.5, 0.6) is 0 Å². The lowest BCUT2D eigenvalue weighted by Gasteiger charge is -2.06. The summed E-state index contributed by atoms with van der Waals surface area (Å²) in [4.78, 5) is 0. The second kappa shape index (κ2) is 9.28. The maximum Gasteiger partial charge on any atom is 0.0700 e. The van der Waals surface area contributed by atoms with E-state index in [1.165, 1.54) is 5.56 Å². The first-order chi connectivity index (χ1) is 10.4. The Morgan fingerprint density at radius 1 is 1.14 bits per heavy atom. The molecule has 0 spiro atoms. The molecule has 0 unspecified atom stereocenters. The van der Waals surface area contributed by atoms with E-state index >= 15 is 0 Å². The van der Waals surface area contributed by atoms with Crippen LogP contribution >= 0.6 is 0 Å². The van der Waals surface area contributed by atoms with Crippen molar-refractivity contribution in [2.45, 2.75) is 13.0 Å². The number of aromatic nitrogens is 2. The van der Waals surface area contributed by atoms with Gasteiger partial charge in [-0.05, 0) is 18.5 Å². The van der Waals surface area contributed by atoms with Gasteiger partial charge in [-0.1, -0.05) is 30.3 Å². The average molecular weight is 289 g/mol. The van der Waals surface area contributed by atoms with Gasteiger partial charge in [0.15, 0.2) is 0 Å². The molecular weight excluding hydrogens is 266 g/mol. The Kier molecular flexibility index (Phi) is 6.94. The standard InChI is InChI=1S/C16H23N3O2/c1-20-10-11-21-9-5-8-17-12-15-13-18-19-16(15)14-6-3-2-4-7-14/h2-4,6-7,13,17H,5,8-12H2,1H3,(H,18,19). The summed E-state index contributed by atoms with van der Waals surface area (Å²) in [5.41, 5.74) is 3.43. The number of aromatic amines is 1. The molecule has 5 heteroatoms. The molecule has 1 aromatic heterocycles. The first-order valence-corrected chi connectivity index (χ1v) is 7.27. The number of nitrogens with one attached hydrogen (secondary N) is 2. The highest BCUT2D eigenvalue weighted by Gasteiger charge is 2.06. The summed E-state index contributed by atoms with van der Waals surface area (Å²) in [6.45, 7) is 3.80. The van der Waals surface area contributed by atoms with Crippen molar-refractivity contribution in [1.29, 1.82) is 0 Å². The Labute approximate surface area is 125 Å². The Morgan fingerprint density at radius 2 is 2.00 bits per heavy atom. The summed E-state index contributed by atoms with van der Waals surface area (Å²) in [6.07, 6.45) is 2.87. The Balaban J connectivity index is 1.69. The van der Waals surface area contributed by atoms with E-state index < -0.39 is 0 Å². The van der Waals surface area contributed by atoms with Crippen molar-refractivity contribution in [2.75, 3.05) is 33.5 Å². The third-order valence-corrected chi connectivity index (χ3v) is 3.17. The molecule has 0 saturated heterocycles. The van der Waals surface area contributed by atoms with Crippen molar-refractivity contribution >= 4 is 0 Å². The molecule has 114 valence electrons. The second-order valence-corrected chi connectivity index (χ2v) is 4.77. The number of H-pyrrole nitrogens is 1. The quantitative estimate of drug-likeness (QED) is 0.658. The van der Waals surface area contributed by atoms with Gasteiger partial charge in [0.05, 0.1) is 25.1 Å². The van der Waals surface area contributed by atoms with Crippen LogP contribution in [0.4, 0.5) is 0 Å². The number of methoxy groups -OCH3 is 1. The van der Waals surface area contributed by atoms with Gasteiger partial charge < -0.3 is 14.8 Å². The van der Waals surface area contributed by atoms with E-state index in [1.807, 2.05) is 24.4 Å². The minimum absolute atomic E-state index is 0.656. The van der Waals surface area contributed by atoms with Crippen LogP contribution in [0.2, 0.25) is 0 Å². The summed E-state index contributed by atoms with van der Waals surface area (Å²) in [5.74, 6) is 0. The number of ether oxygens (including phenoxy) is 2. The summed E-state index contributed by atoms with van der Waals surface area (Å²) in [5, 5.41) is 10.6. The SMILES string of the molecule is COCCOCCCNCc1cn[nH]c1-c1ccccc1. The minimum Gasteiger partial charge on any atom is -0.382 e. The van der Waals surface area contributed by atoms with Crippen molar-refractivity contribution < 1.29 is 9.47 Å². The smallest absolute Gasteiger partial charge is 0.0700 e. The molecule has 0 saturated carbocycles. The predicted octanol–water partition coefficient (Wildman–Crippen LogP) is 2.22. The number of nitrogens with zero attached hydrogens (tertiary/aromatic N) is 1. The fraction of sp³-hybridized carbons (Fsp3) is 0.438. The Morgan fingerprint density at radius 3 is 2.81 bits per heavy atom. The number of rotatable bonds is 10. The van der Waals surface area contributed by atoms with Crippen LogP contribution in [0.15, 0.2) is 36.5 Å². The van der Waals surface area contributed by atoms with Crippen molar-refractivity contribution in [2.24, 2.45) is 0 Å². The van der Waals surface area contributed by atoms with E-state index in [1.54, 1.807) is 7.11 Å². The molecule has 2 rings (SSSR count). The first-order valence-electron chi connectivity index (χ1n) is 7.27. The third kappa shape index (κ3) is 5.30. The highest BCUT2D eigenvalue weighted by atomic mass is 16.5. The van der Waals surface area contributed by atoms with E-state index in [9.17, 15) is 0 Å². The zero-order valence-corrected chi connectivity index (χ0v) is 12.5. The zero-order valence-electron chi connectivity index (χ0n) is 12.5. The van der Waals surface area contributed by atoms with Crippen LogP contribution in [-0.4, -0.2) is 43.7 Å². The maximum absolute atomic E-state index is 5.42. The highest BCUT2D eigenvalue weighted by Crippen LogP contribution is 2.20. The highest BCUT2D eigenvalue weighted by molar-refractivity contribution is 5.62. The molecule has 5 nitrogen and oxygen atoms in total. The molecule has 1 heterocycles. The van der Waals surface area contributed by atoms with E-state index in [-0.39, 0.29) is 0 Å². The third-order valence-electron chi connectivity index (χ3n) is 3.17. The molecule has 21 heavy (non-hydrogen) atoms. The Hall–Kier alpha value is -1.69. The van der Waals surface area contributed by atoms with Gasteiger partial charge >= 0.3 is 0 Å². The molecule has 0 aliphatic heterocycles. The second-order valence-electron chi connectivity index (χ2n) is 4.77. The van der Waals surface area contributed by atoms with Crippen LogP contribution in [-0.2, 0) is 16.0 Å². The fourth-order valence-corrected chi connectivity index (χ4v) is 2.07. The molecule has 0 atom stereocenters. The van der Waals surface area contributed by atoms with Crippen molar-refractivity contribution in [3.05, 3.63) is 42.1 Å². The Bertz CT molecular complexity index is 499. The maximum atomic E-state index is 5.42. The normalized spacial score (nSPS) is 10.9. The van der Waals surface area contributed by atoms with Gasteiger partial charge in [0.2, 0.25) is 0 Å². The minimum atomic E-state index is 0.656. The van der Waals surface area contributed by atoms with Crippen molar-refractivity contribution in [3.8, 4) is 11.3 Å². The number of hydrogen-bond acceptors (Lipinski definition) is 4. The number of hydrogen-bond donors (Lipinski definition) is 2. The van der Waals surface area contributed by atoms with Gasteiger partial charge in [-0.3, -0.25) is 5.10 Å². The van der Waals surface area contributed by atoms with Crippen LogP contribution in [0.25, 0.3) is 11.3 Å². The van der Waals surface area contributed by atoms with Crippen molar-refractivity contribution in [1.82, 2.24) is 15.5 Å². The van der Waals surface area contributed by atoms with E-state index in [0.717, 1.165) is 37.4 Å². The van der Waals surface area contributed by atoms with Crippen molar-refractivity contribution in [3.63, 3.8) is 0 Å². The molecule has 0 aliphatic rings. The molecule has 0 radical (unpaired) electrons. The summed E-state index contributed by atoms with van der Waals surface area (Å²) in [7, 11) is 1.68. The molecule has 0 amide bonds. The lowest BCUT2D eigenvalue weighted by molar-refractivity contribution is 0.0695. The predicted molar refractivity (Wildman–Crippen MR) is 83.0 cm³/mol. The molecule has 0 bridgehead atoms. The molecular formula is C16H23N3O2. The van der Waals surface area contributed by atoms with E-state index in [0.29, 0.717) is 13.2 Å². The van der Waals surface area contributed by atoms with E-state index in [4.69, 9.17) is 9.47 Å². The molecule has 0 fully saturated rings. The van der Waals surface area contributed by atoms with Gasteiger partial charge in [0, 0.05) is 25.8 Å². The molecule has 1 aromatic carbocycles. The van der Waals surface area contributed by atoms with E-state index in [2.05, 4.69) is 27.6 Å². The summed E-state index contributed by atoms with van der Waals surface area (Å²) in [6, 6.07) is 10.2. The molecule has 2 aromatic rings. The zero-order chi connectivity index (χ0) is 14.8. The van der Waals surface area contributed by atoms with Crippen LogP contribution < -0.4 is 5.32 Å². The lowest BCUT2D eigenvalue weighted by Crippen LogP contribution is -2.17. The lowest BCUT2D eigenvalue weighted by atomic mass is 10.1. The van der Waals surface area contributed by atoms with Crippen LogP contribution in [0.1, 0.15) is 12.0 Å². The summed E-state index contributed by atoms with van der Waals surface area (Å²) < 4.78 is 10.3. The van der Waals surface area contributed by atoms with Gasteiger partial charge in [0.25, 0.3) is 0 Å². The first kappa shape index (κ1) is 15.7. The number of benzene rings is 1.